The molecule has 3 nitrogen and oxygen atoms in total. The van der Waals surface area contributed by atoms with Crippen molar-refractivity contribution in [1.82, 2.24) is 4.98 Å². The maximum absolute atomic E-state index is 11.6. The summed E-state index contributed by atoms with van der Waals surface area (Å²) in [7, 11) is 0. The van der Waals surface area contributed by atoms with Crippen LogP contribution in [0.3, 0.4) is 0 Å². The fourth-order valence-corrected chi connectivity index (χ4v) is 2.80. The highest BCUT2D eigenvalue weighted by molar-refractivity contribution is 9.10. The van der Waals surface area contributed by atoms with Crippen molar-refractivity contribution in [3.8, 4) is 11.3 Å². The van der Waals surface area contributed by atoms with E-state index in [4.69, 9.17) is 0 Å². The van der Waals surface area contributed by atoms with Crippen molar-refractivity contribution in [3.63, 3.8) is 0 Å². The van der Waals surface area contributed by atoms with Crippen molar-refractivity contribution in [2.24, 2.45) is 0 Å². The van der Waals surface area contributed by atoms with Gasteiger partial charge in [-0.15, -0.1) is 0 Å². The second-order valence-electron chi connectivity index (χ2n) is 5.07. The smallest absolute Gasteiger partial charge is 0.336 e. The Morgan fingerprint density at radius 2 is 1.86 bits per heavy atom. The first kappa shape index (κ1) is 14.7. The van der Waals surface area contributed by atoms with Gasteiger partial charge in [0.25, 0.3) is 0 Å². The van der Waals surface area contributed by atoms with Crippen LogP contribution in [0.15, 0.2) is 53.0 Å². The molecule has 0 spiro atoms. The van der Waals surface area contributed by atoms with Crippen LogP contribution < -0.4 is 0 Å². The zero-order chi connectivity index (χ0) is 15.7. The summed E-state index contributed by atoms with van der Waals surface area (Å²) in [6.45, 7) is 2.10. The molecule has 110 valence electrons. The van der Waals surface area contributed by atoms with Gasteiger partial charge in [0.05, 0.1) is 16.8 Å². The van der Waals surface area contributed by atoms with Gasteiger partial charge >= 0.3 is 5.97 Å². The Morgan fingerprint density at radius 1 is 1.14 bits per heavy atom. The molecule has 0 unspecified atom stereocenters. The van der Waals surface area contributed by atoms with E-state index in [2.05, 4.69) is 27.8 Å². The average Bonchev–Trinajstić information content (AvgIpc) is 2.53. The first-order valence-electron chi connectivity index (χ1n) is 7.01. The van der Waals surface area contributed by atoms with Crippen LogP contribution in [0.4, 0.5) is 0 Å². The lowest BCUT2D eigenvalue weighted by Gasteiger charge is -2.08. The molecule has 1 heterocycles. The quantitative estimate of drug-likeness (QED) is 0.724. The Kier molecular flexibility index (Phi) is 3.94. The van der Waals surface area contributed by atoms with E-state index in [0.717, 1.165) is 16.5 Å². The molecular weight excluding hydrogens is 342 g/mol. The number of pyridine rings is 1. The van der Waals surface area contributed by atoms with Crippen LogP contribution in [-0.2, 0) is 6.42 Å². The van der Waals surface area contributed by atoms with Gasteiger partial charge < -0.3 is 5.11 Å². The first-order chi connectivity index (χ1) is 10.6. The molecule has 0 bridgehead atoms. The molecule has 3 rings (SSSR count). The Bertz CT molecular complexity index is 857. The summed E-state index contributed by atoms with van der Waals surface area (Å²) < 4.78 is 0.837. The standard InChI is InChI=1S/C18H14BrNO2/c1-2-11-3-5-12(6-4-11)17-10-15(18(21)22)14-9-13(19)7-8-16(14)20-17/h3-10H,2H2,1H3,(H,21,22). The molecule has 1 aromatic heterocycles. The normalized spacial score (nSPS) is 10.8. The minimum absolute atomic E-state index is 0.265. The van der Waals surface area contributed by atoms with Crippen molar-refractivity contribution in [2.45, 2.75) is 13.3 Å². The second-order valence-corrected chi connectivity index (χ2v) is 5.99. The van der Waals surface area contributed by atoms with Gasteiger partial charge in [-0.1, -0.05) is 47.1 Å². The van der Waals surface area contributed by atoms with Crippen LogP contribution in [0.2, 0.25) is 0 Å². The Morgan fingerprint density at radius 3 is 2.50 bits per heavy atom. The highest BCUT2D eigenvalue weighted by Crippen LogP contribution is 2.27. The third-order valence-electron chi connectivity index (χ3n) is 3.66. The number of benzene rings is 2. The third-order valence-corrected chi connectivity index (χ3v) is 4.15. The van der Waals surface area contributed by atoms with Gasteiger partial charge in [-0.3, -0.25) is 0 Å². The SMILES string of the molecule is CCc1ccc(-c2cc(C(=O)O)c3cc(Br)ccc3n2)cc1. The molecule has 0 amide bonds. The highest BCUT2D eigenvalue weighted by Gasteiger charge is 2.13. The third kappa shape index (κ3) is 2.74. The van der Waals surface area contributed by atoms with Gasteiger partial charge in [0.2, 0.25) is 0 Å². The number of hydrogen-bond acceptors (Lipinski definition) is 2. The number of hydrogen-bond donors (Lipinski definition) is 1. The van der Waals surface area contributed by atoms with E-state index in [1.807, 2.05) is 36.4 Å². The number of aryl methyl sites for hydroxylation is 1. The van der Waals surface area contributed by atoms with Gasteiger partial charge in [0, 0.05) is 15.4 Å². The monoisotopic (exact) mass is 355 g/mol. The lowest BCUT2D eigenvalue weighted by Crippen LogP contribution is -2.00. The predicted molar refractivity (Wildman–Crippen MR) is 91.2 cm³/mol. The molecule has 2 aromatic carbocycles. The van der Waals surface area contributed by atoms with Crippen molar-refractivity contribution in [1.29, 1.82) is 0 Å². The number of rotatable bonds is 3. The average molecular weight is 356 g/mol. The minimum Gasteiger partial charge on any atom is -0.478 e. The summed E-state index contributed by atoms with van der Waals surface area (Å²) in [4.78, 5) is 16.2. The number of carbonyl (C=O) groups is 1. The molecule has 0 aliphatic rings. The molecule has 0 radical (unpaired) electrons. The maximum Gasteiger partial charge on any atom is 0.336 e. The first-order valence-corrected chi connectivity index (χ1v) is 7.80. The molecule has 22 heavy (non-hydrogen) atoms. The molecule has 3 aromatic rings. The van der Waals surface area contributed by atoms with Crippen LogP contribution in [0.5, 0.6) is 0 Å². The minimum atomic E-state index is -0.947. The lowest BCUT2D eigenvalue weighted by molar-refractivity contribution is 0.0699. The molecule has 0 fully saturated rings. The summed E-state index contributed by atoms with van der Waals surface area (Å²) >= 11 is 3.37. The summed E-state index contributed by atoms with van der Waals surface area (Å²) in [6, 6.07) is 15.2. The number of nitrogens with zero attached hydrogens (tertiary/aromatic N) is 1. The van der Waals surface area contributed by atoms with Crippen molar-refractivity contribution in [2.75, 3.05) is 0 Å². The number of fused-ring (bicyclic) bond motifs is 1. The molecular formula is C18H14BrNO2. The predicted octanol–water partition coefficient (Wildman–Crippen LogP) is 4.92. The van der Waals surface area contributed by atoms with E-state index in [1.165, 1.54) is 5.56 Å². The van der Waals surface area contributed by atoms with Crippen LogP contribution in [0, 0.1) is 0 Å². The zero-order valence-corrected chi connectivity index (χ0v) is 13.6. The Hall–Kier alpha value is -2.20. The van der Waals surface area contributed by atoms with Gasteiger partial charge in [-0.2, -0.15) is 0 Å². The van der Waals surface area contributed by atoms with Crippen LogP contribution >= 0.6 is 15.9 Å². The largest absolute Gasteiger partial charge is 0.478 e. The summed E-state index contributed by atoms with van der Waals surface area (Å²) in [6.07, 6.45) is 0.972. The van der Waals surface area contributed by atoms with E-state index in [1.54, 1.807) is 12.1 Å². The molecule has 0 aliphatic carbocycles. The van der Waals surface area contributed by atoms with Crippen LogP contribution in [0.25, 0.3) is 22.2 Å². The molecule has 0 aliphatic heterocycles. The van der Waals surface area contributed by atoms with Crippen LogP contribution in [-0.4, -0.2) is 16.1 Å². The number of aromatic carboxylic acids is 1. The summed E-state index contributed by atoms with van der Waals surface area (Å²) in [5.74, 6) is -0.947. The number of aromatic nitrogens is 1. The summed E-state index contributed by atoms with van der Waals surface area (Å²) in [5.41, 5.74) is 3.78. The molecule has 0 saturated carbocycles. The van der Waals surface area contributed by atoms with Gasteiger partial charge in [-0.05, 0) is 36.2 Å². The lowest BCUT2D eigenvalue weighted by atomic mass is 10.0. The fraction of sp³-hybridized carbons (Fsp3) is 0.111. The molecule has 0 atom stereocenters. The van der Waals surface area contributed by atoms with E-state index in [0.29, 0.717) is 16.6 Å². The number of halogens is 1. The summed E-state index contributed by atoms with van der Waals surface area (Å²) in [5, 5.41) is 10.1. The van der Waals surface area contributed by atoms with Crippen molar-refractivity contribution in [3.05, 3.63) is 64.1 Å². The van der Waals surface area contributed by atoms with Crippen molar-refractivity contribution < 1.29 is 9.90 Å². The number of carboxylic acids is 1. The van der Waals surface area contributed by atoms with Crippen LogP contribution in [0.1, 0.15) is 22.8 Å². The Balaban J connectivity index is 2.21. The van der Waals surface area contributed by atoms with Gasteiger partial charge in [0.15, 0.2) is 0 Å². The molecule has 4 heteroatoms. The molecule has 1 N–H and O–H groups in total. The zero-order valence-electron chi connectivity index (χ0n) is 12.0. The maximum atomic E-state index is 11.6. The second kappa shape index (κ2) is 5.89. The Labute approximate surface area is 136 Å². The van der Waals surface area contributed by atoms with Gasteiger partial charge in [0.1, 0.15) is 0 Å². The van der Waals surface area contributed by atoms with E-state index < -0.39 is 5.97 Å². The molecule has 0 saturated heterocycles. The van der Waals surface area contributed by atoms with E-state index in [-0.39, 0.29) is 5.56 Å². The van der Waals surface area contributed by atoms with E-state index in [9.17, 15) is 9.90 Å². The van der Waals surface area contributed by atoms with Crippen molar-refractivity contribution >= 4 is 32.8 Å². The van der Waals surface area contributed by atoms with Gasteiger partial charge in [-0.25, -0.2) is 9.78 Å². The highest BCUT2D eigenvalue weighted by atomic mass is 79.9. The topological polar surface area (TPSA) is 50.2 Å². The van der Waals surface area contributed by atoms with E-state index >= 15 is 0 Å². The number of carboxylic acid groups (broad SMARTS) is 1. The fourth-order valence-electron chi connectivity index (χ4n) is 2.43.